The van der Waals surface area contributed by atoms with E-state index >= 15 is 0 Å². The zero-order chi connectivity index (χ0) is 15.6. The van der Waals surface area contributed by atoms with Gasteiger partial charge < -0.3 is 10.2 Å². The van der Waals surface area contributed by atoms with Gasteiger partial charge in [0.05, 0.1) is 13.1 Å². The Morgan fingerprint density at radius 1 is 1.24 bits per heavy atom. The van der Waals surface area contributed by atoms with Crippen LogP contribution in [0.2, 0.25) is 0 Å². The first-order valence-corrected chi connectivity index (χ1v) is 8.09. The molecule has 0 spiro atoms. The van der Waals surface area contributed by atoms with Crippen molar-refractivity contribution in [2.75, 3.05) is 18.4 Å². The van der Waals surface area contributed by atoms with Gasteiger partial charge in [-0.1, -0.05) is 26.0 Å². The summed E-state index contributed by atoms with van der Waals surface area (Å²) in [4.78, 5) is 14.0. The van der Waals surface area contributed by atoms with Crippen LogP contribution in [0.25, 0.3) is 0 Å². The minimum Gasteiger partial charge on any atom is -0.324 e. The van der Waals surface area contributed by atoms with Gasteiger partial charge in [0.15, 0.2) is 6.04 Å². The maximum absolute atomic E-state index is 12.6. The second-order valence-electron chi connectivity index (χ2n) is 7.04. The number of carbonyl (C=O) groups is 1. The number of likely N-dealkylation sites (tertiary alicyclic amines) is 1. The van der Waals surface area contributed by atoms with E-state index in [0.29, 0.717) is 11.8 Å². The van der Waals surface area contributed by atoms with E-state index in [4.69, 9.17) is 0 Å². The van der Waals surface area contributed by atoms with Crippen molar-refractivity contribution >= 4 is 11.6 Å². The number of benzene rings is 1. The van der Waals surface area contributed by atoms with Crippen LogP contribution in [-0.4, -0.2) is 25.0 Å². The fraction of sp³-hybridized carbons (Fsp3) is 0.611. The van der Waals surface area contributed by atoms with Crippen molar-refractivity contribution in [2.45, 2.75) is 47.1 Å². The number of amides is 1. The molecule has 0 unspecified atom stereocenters. The zero-order valence-electron chi connectivity index (χ0n) is 14.0. The minimum atomic E-state index is 0.00936. The Morgan fingerprint density at radius 3 is 2.48 bits per heavy atom. The summed E-state index contributed by atoms with van der Waals surface area (Å²) < 4.78 is 0. The topological polar surface area (TPSA) is 33.5 Å². The summed E-state index contributed by atoms with van der Waals surface area (Å²) in [5, 5.41) is 3.12. The summed E-state index contributed by atoms with van der Waals surface area (Å²) in [7, 11) is 0. The monoisotopic (exact) mass is 289 g/mol. The Balaban J connectivity index is 2.04. The Bertz CT molecular complexity index is 502. The average Bonchev–Trinajstić information content (AvgIpc) is 2.41. The van der Waals surface area contributed by atoms with Crippen LogP contribution in [0.1, 0.15) is 38.3 Å². The van der Waals surface area contributed by atoms with Gasteiger partial charge in [-0.3, -0.25) is 4.79 Å². The maximum Gasteiger partial charge on any atom is 0.282 e. The molecule has 0 radical (unpaired) electrons. The van der Waals surface area contributed by atoms with E-state index in [1.165, 1.54) is 16.9 Å². The fourth-order valence-corrected chi connectivity index (χ4v) is 3.48. The molecule has 1 heterocycles. The van der Waals surface area contributed by atoms with E-state index < -0.39 is 0 Å². The van der Waals surface area contributed by atoms with Crippen molar-refractivity contribution in [1.29, 1.82) is 0 Å². The molecule has 3 heteroatoms. The third-order valence-corrected chi connectivity index (χ3v) is 4.68. The first-order valence-electron chi connectivity index (χ1n) is 8.09. The second kappa shape index (κ2) is 6.61. The molecule has 2 rings (SSSR count). The molecule has 1 aromatic rings. The number of carbonyl (C=O) groups excluding carboxylic acids is 1. The lowest BCUT2D eigenvalue weighted by Gasteiger charge is -2.35. The minimum absolute atomic E-state index is 0.00936. The smallest absolute Gasteiger partial charge is 0.282 e. The van der Waals surface area contributed by atoms with Gasteiger partial charge in [-0.05, 0) is 44.4 Å². The number of quaternary nitrogens is 1. The van der Waals surface area contributed by atoms with Gasteiger partial charge in [-0.25, -0.2) is 0 Å². The number of anilines is 1. The van der Waals surface area contributed by atoms with Gasteiger partial charge >= 0.3 is 0 Å². The van der Waals surface area contributed by atoms with Gasteiger partial charge in [0.25, 0.3) is 5.91 Å². The first kappa shape index (κ1) is 16.0. The lowest BCUT2D eigenvalue weighted by Crippen LogP contribution is -3.18. The number of hydrogen-bond acceptors (Lipinski definition) is 1. The zero-order valence-corrected chi connectivity index (χ0v) is 14.0. The molecule has 0 saturated carbocycles. The molecule has 0 aromatic heterocycles. The molecule has 1 fully saturated rings. The van der Waals surface area contributed by atoms with Crippen LogP contribution in [0.5, 0.6) is 0 Å². The highest BCUT2D eigenvalue weighted by Gasteiger charge is 2.32. The van der Waals surface area contributed by atoms with Gasteiger partial charge in [-0.15, -0.1) is 0 Å². The number of hydrogen-bond donors (Lipinski definition) is 2. The van der Waals surface area contributed by atoms with E-state index in [-0.39, 0.29) is 11.9 Å². The van der Waals surface area contributed by atoms with Crippen LogP contribution in [0.15, 0.2) is 18.2 Å². The molecule has 2 N–H and O–H groups in total. The lowest BCUT2D eigenvalue weighted by atomic mass is 9.91. The molecule has 3 nitrogen and oxygen atoms in total. The molecule has 1 aliphatic rings. The molecule has 1 aromatic carbocycles. The van der Waals surface area contributed by atoms with Gasteiger partial charge in [-0.2, -0.15) is 0 Å². The van der Waals surface area contributed by atoms with Crippen LogP contribution in [0, 0.1) is 25.7 Å². The molecular formula is C18H29N2O+. The number of rotatable bonds is 3. The number of nitrogens with one attached hydrogen (secondary N) is 2. The fourth-order valence-electron chi connectivity index (χ4n) is 3.48. The van der Waals surface area contributed by atoms with E-state index in [1.54, 1.807) is 0 Å². The van der Waals surface area contributed by atoms with Crippen molar-refractivity contribution < 1.29 is 9.69 Å². The number of aryl methyl sites for hydroxylation is 2. The summed E-state index contributed by atoms with van der Waals surface area (Å²) in [5.74, 6) is 1.56. The van der Waals surface area contributed by atoms with Crippen molar-refractivity contribution in [3.63, 3.8) is 0 Å². The van der Waals surface area contributed by atoms with Crippen LogP contribution in [0.3, 0.4) is 0 Å². The summed E-state index contributed by atoms with van der Waals surface area (Å²) >= 11 is 0. The molecular weight excluding hydrogens is 260 g/mol. The van der Waals surface area contributed by atoms with Crippen LogP contribution >= 0.6 is 0 Å². The van der Waals surface area contributed by atoms with E-state index in [2.05, 4.69) is 51.2 Å². The normalized spacial score (nSPS) is 27.2. The average molecular weight is 289 g/mol. The van der Waals surface area contributed by atoms with Gasteiger partial charge in [0.2, 0.25) is 0 Å². The predicted octanol–water partition coefficient (Wildman–Crippen LogP) is 2.19. The predicted molar refractivity (Wildman–Crippen MR) is 87.6 cm³/mol. The molecule has 3 atom stereocenters. The quantitative estimate of drug-likeness (QED) is 0.879. The largest absolute Gasteiger partial charge is 0.324 e. The first-order chi connectivity index (χ1) is 9.86. The standard InChI is InChI=1S/C18H28N2O/c1-12-6-7-15(4)17(9-12)19-18(21)16(5)20-10-13(2)8-14(3)11-20/h6-7,9,13-14,16H,8,10-11H2,1-5H3,(H,19,21)/p+1/t13-,14-,16+/m0/s1. The van der Waals surface area contributed by atoms with E-state index in [9.17, 15) is 4.79 Å². The molecule has 1 amide bonds. The summed E-state index contributed by atoms with van der Waals surface area (Å²) in [6, 6.07) is 6.20. The molecule has 1 aliphatic heterocycles. The Morgan fingerprint density at radius 2 is 1.86 bits per heavy atom. The molecule has 1 saturated heterocycles. The summed E-state index contributed by atoms with van der Waals surface area (Å²) in [5.41, 5.74) is 3.25. The third-order valence-electron chi connectivity index (χ3n) is 4.68. The Labute approximate surface area is 128 Å². The number of piperidine rings is 1. The Hall–Kier alpha value is -1.35. The molecule has 116 valence electrons. The SMILES string of the molecule is Cc1ccc(C)c(NC(=O)[C@@H](C)[NH+]2C[C@@H](C)C[C@H](C)C2)c1. The van der Waals surface area contributed by atoms with Crippen molar-refractivity contribution in [2.24, 2.45) is 11.8 Å². The molecule has 0 aliphatic carbocycles. The highest BCUT2D eigenvalue weighted by atomic mass is 16.2. The van der Waals surface area contributed by atoms with Gasteiger partial charge in [0.1, 0.15) is 0 Å². The van der Waals surface area contributed by atoms with Crippen LogP contribution in [0.4, 0.5) is 5.69 Å². The Kier molecular flexibility index (Phi) is 5.04. The van der Waals surface area contributed by atoms with Crippen molar-refractivity contribution in [1.82, 2.24) is 0 Å². The highest BCUT2D eigenvalue weighted by molar-refractivity contribution is 5.94. The van der Waals surface area contributed by atoms with Gasteiger partial charge in [0, 0.05) is 17.5 Å². The maximum atomic E-state index is 12.6. The second-order valence-corrected chi connectivity index (χ2v) is 7.04. The summed E-state index contributed by atoms with van der Waals surface area (Å²) in [6.45, 7) is 12.9. The molecule has 21 heavy (non-hydrogen) atoms. The van der Waals surface area contributed by atoms with Crippen molar-refractivity contribution in [3.05, 3.63) is 29.3 Å². The van der Waals surface area contributed by atoms with Crippen LogP contribution in [-0.2, 0) is 4.79 Å². The van der Waals surface area contributed by atoms with Crippen LogP contribution < -0.4 is 10.2 Å². The lowest BCUT2D eigenvalue weighted by molar-refractivity contribution is -0.925. The van der Waals surface area contributed by atoms with E-state index in [1.807, 2.05) is 6.92 Å². The van der Waals surface area contributed by atoms with Crippen molar-refractivity contribution in [3.8, 4) is 0 Å². The van der Waals surface area contributed by atoms with E-state index in [0.717, 1.165) is 24.3 Å². The summed E-state index contributed by atoms with van der Waals surface area (Å²) in [6.07, 6.45) is 1.29. The third kappa shape index (κ3) is 4.07. The highest BCUT2D eigenvalue weighted by Crippen LogP contribution is 2.17. The molecule has 0 bridgehead atoms.